The van der Waals surface area contributed by atoms with E-state index in [2.05, 4.69) is 6.92 Å². The molecule has 8 heteroatoms. The molecule has 2 atom stereocenters. The van der Waals surface area contributed by atoms with E-state index < -0.39 is 26.5 Å². The van der Waals surface area contributed by atoms with Crippen LogP contribution in [0.1, 0.15) is 25.3 Å². The number of halogens is 2. The van der Waals surface area contributed by atoms with Crippen molar-refractivity contribution in [3.8, 4) is 16.9 Å². The number of hydrogen-bond acceptors (Lipinski definition) is 5. The van der Waals surface area contributed by atoms with Gasteiger partial charge in [-0.1, -0.05) is 31.2 Å². The van der Waals surface area contributed by atoms with E-state index in [0.717, 1.165) is 17.4 Å². The summed E-state index contributed by atoms with van der Waals surface area (Å²) in [5.41, 5.74) is 2.40. The zero-order chi connectivity index (χ0) is 24.7. The molecule has 0 spiro atoms. The van der Waals surface area contributed by atoms with Crippen LogP contribution in [0.3, 0.4) is 0 Å². The molecule has 0 saturated carbocycles. The van der Waals surface area contributed by atoms with Gasteiger partial charge in [0.2, 0.25) is 0 Å². The molecule has 3 rings (SSSR count). The van der Waals surface area contributed by atoms with Crippen molar-refractivity contribution in [1.29, 1.82) is 0 Å². The Balaban J connectivity index is 1.60. The molecular weight excluding hydrogens is 458 g/mol. The minimum absolute atomic E-state index is 0.00242. The lowest BCUT2D eigenvalue weighted by molar-refractivity contribution is 0.130. The van der Waals surface area contributed by atoms with Crippen molar-refractivity contribution in [2.24, 2.45) is 0 Å². The van der Waals surface area contributed by atoms with E-state index in [-0.39, 0.29) is 19.4 Å². The molecule has 0 aliphatic carbocycles. The average Bonchev–Trinajstić information content (AvgIpc) is 2.86. The number of ether oxygens (including phenoxy) is 1. The zero-order valence-corrected chi connectivity index (χ0v) is 21.1. The first-order valence-electron chi connectivity index (χ1n) is 11.5. The number of aryl methyl sites for hydroxylation is 1. The number of alkyl halides is 2. The van der Waals surface area contributed by atoms with Crippen LogP contribution in [0.5, 0.6) is 5.75 Å². The van der Waals surface area contributed by atoms with Gasteiger partial charge < -0.3 is 18.0 Å². The van der Waals surface area contributed by atoms with Crippen molar-refractivity contribution >= 4 is 19.5 Å². The van der Waals surface area contributed by atoms with Crippen LogP contribution in [0.15, 0.2) is 57.7 Å². The van der Waals surface area contributed by atoms with E-state index in [1.807, 2.05) is 30.8 Å². The molecule has 0 amide bonds. The third kappa shape index (κ3) is 6.52. The van der Waals surface area contributed by atoms with E-state index in [9.17, 15) is 13.6 Å². The van der Waals surface area contributed by atoms with Crippen LogP contribution < -0.4 is 10.4 Å². The first-order valence-corrected chi connectivity index (χ1v) is 14.0. The normalized spacial score (nSPS) is 13.7. The summed E-state index contributed by atoms with van der Waals surface area (Å²) in [5.74, 6) is 0.428. The van der Waals surface area contributed by atoms with Gasteiger partial charge in [0.05, 0.1) is 12.2 Å². The minimum Gasteiger partial charge on any atom is -0.493 e. The molecule has 1 heterocycles. The van der Waals surface area contributed by atoms with Gasteiger partial charge in [-0.15, -0.1) is 0 Å². The second-order valence-electron chi connectivity index (χ2n) is 8.45. The van der Waals surface area contributed by atoms with Gasteiger partial charge in [-0.05, 0) is 54.8 Å². The first-order chi connectivity index (χ1) is 16.3. The van der Waals surface area contributed by atoms with E-state index in [0.29, 0.717) is 22.9 Å². The quantitative estimate of drug-likeness (QED) is 0.223. The second-order valence-corrected chi connectivity index (χ2v) is 12.0. The van der Waals surface area contributed by atoms with Gasteiger partial charge in [-0.25, -0.2) is 13.6 Å². The predicted octanol–water partition coefficient (Wildman–Crippen LogP) is 6.22. The highest BCUT2D eigenvalue weighted by Crippen LogP contribution is 2.26. The summed E-state index contributed by atoms with van der Waals surface area (Å²) in [6.07, 6.45) is -2.38. The SMILES string of the molecule is CCc1ccc(-c2cc3ccc(OCCC(F)C(F)CC[Si](C)(OC)OC)cc3oc2=O)cc1. The highest BCUT2D eigenvalue weighted by Gasteiger charge is 2.31. The lowest BCUT2D eigenvalue weighted by Crippen LogP contribution is -2.37. The van der Waals surface area contributed by atoms with Gasteiger partial charge in [0.15, 0.2) is 0 Å². The maximum atomic E-state index is 14.3. The van der Waals surface area contributed by atoms with Crippen LogP contribution in [0.2, 0.25) is 12.6 Å². The molecule has 2 unspecified atom stereocenters. The van der Waals surface area contributed by atoms with E-state index in [1.54, 1.807) is 24.3 Å². The summed E-state index contributed by atoms with van der Waals surface area (Å²) >= 11 is 0. The molecular formula is C26H32F2O5Si. The fourth-order valence-corrected chi connectivity index (χ4v) is 5.02. The molecule has 2 aromatic carbocycles. The van der Waals surface area contributed by atoms with E-state index in [1.165, 1.54) is 19.8 Å². The largest absolute Gasteiger partial charge is 0.493 e. The van der Waals surface area contributed by atoms with Crippen molar-refractivity contribution < 1.29 is 26.8 Å². The molecule has 0 radical (unpaired) electrons. The first kappa shape index (κ1) is 26.1. The van der Waals surface area contributed by atoms with Crippen LogP contribution in [0, 0.1) is 0 Å². The zero-order valence-electron chi connectivity index (χ0n) is 20.1. The van der Waals surface area contributed by atoms with Gasteiger partial charge in [0.25, 0.3) is 0 Å². The molecule has 184 valence electrons. The molecule has 0 fully saturated rings. The lowest BCUT2D eigenvalue weighted by Gasteiger charge is -2.24. The molecule has 0 N–H and O–H groups in total. The van der Waals surface area contributed by atoms with Crippen LogP contribution >= 0.6 is 0 Å². The molecule has 0 saturated heterocycles. The fraction of sp³-hybridized carbons (Fsp3) is 0.423. The highest BCUT2D eigenvalue weighted by atomic mass is 28.4. The standard InChI is InChI=1S/C26H32F2O5Si/c1-5-18-6-8-19(9-7-18)22-16-20-10-11-21(17-25(20)33-26(22)29)32-14-12-23(27)24(28)13-15-34(4,30-2)31-3/h6-11,16-17,23-24H,5,12-15H2,1-4H3. The van der Waals surface area contributed by atoms with Gasteiger partial charge in [-0.3, -0.25) is 0 Å². The van der Waals surface area contributed by atoms with Crippen molar-refractivity contribution in [3.05, 3.63) is 64.5 Å². The van der Waals surface area contributed by atoms with Crippen molar-refractivity contribution in [1.82, 2.24) is 0 Å². The Morgan fingerprint density at radius 1 is 0.971 bits per heavy atom. The van der Waals surface area contributed by atoms with Crippen LogP contribution in [0.25, 0.3) is 22.1 Å². The van der Waals surface area contributed by atoms with Crippen LogP contribution in [-0.2, 0) is 15.3 Å². The van der Waals surface area contributed by atoms with E-state index >= 15 is 0 Å². The highest BCUT2D eigenvalue weighted by molar-refractivity contribution is 6.65. The Hall–Kier alpha value is -2.55. The van der Waals surface area contributed by atoms with Gasteiger partial charge >= 0.3 is 14.2 Å². The molecule has 5 nitrogen and oxygen atoms in total. The predicted molar refractivity (Wildman–Crippen MR) is 132 cm³/mol. The van der Waals surface area contributed by atoms with Crippen molar-refractivity contribution in [3.63, 3.8) is 0 Å². The number of benzene rings is 2. The minimum atomic E-state index is -2.42. The third-order valence-electron chi connectivity index (χ3n) is 6.17. The summed E-state index contributed by atoms with van der Waals surface area (Å²) < 4.78 is 50.2. The van der Waals surface area contributed by atoms with E-state index in [4.69, 9.17) is 18.0 Å². The van der Waals surface area contributed by atoms with Gasteiger partial charge in [0.1, 0.15) is 23.7 Å². The molecule has 0 aliphatic rings. The molecule has 34 heavy (non-hydrogen) atoms. The third-order valence-corrected chi connectivity index (χ3v) is 9.10. The topological polar surface area (TPSA) is 57.9 Å². The van der Waals surface area contributed by atoms with Gasteiger partial charge in [-0.2, -0.15) is 0 Å². The summed E-state index contributed by atoms with van der Waals surface area (Å²) in [7, 11) is 0.630. The Labute approximate surface area is 199 Å². The maximum absolute atomic E-state index is 14.3. The second kappa shape index (κ2) is 11.7. The summed E-state index contributed by atoms with van der Waals surface area (Å²) in [4.78, 5) is 12.5. The Morgan fingerprint density at radius 2 is 1.65 bits per heavy atom. The summed E-state index contributed by atoms with van der Waals surface area (Å²) in [5, 5.41) is 0.747. The Bertz CT molecular complexity index is 1130. The maximum Gasteiger partial charge on any atom is 0.344 e. The van der Waals surface area contributed by atoms with Gasteiger partial charge in [0, 0.05) is 32.1 Å². The number of hydrogen-bond donors (Lipinski definition) is 0. The lowest BCUT2D eigenvalue weighted by atomic mass is 10.0. The number of rotatable bonds is 12. The molecule has 3 aromatic rings. The average molecular weight is 491 g/mol. The monoisotopic (exact) mass is 490 g/mol. The summed E-state index contributed by atoms with van der Waals surface area (Å²) in [6, 6.07) is 15.1. The molecule has 1 aromatic heterocycles. The Morgan fingerprint density at radius 3 is 2.29 bits per heavy atom. The molecule has 0 bridgehead atoms. The fourth-order valence-electron chi connectivity index (χ4n) is 3.64. The van der Waals surface area contributed by atoms with Crippen LogP contribution in [0.4, 0.5) is 8.78 Å². The van der Waals surface area contributed by atoms with Crippen LogP contribution in [-0.4, -0.2) is 41.7 Å². The van der Waals surface area contributed by atoms with Crippen molar-refractivity contribution in [2.45, 2.75) is 51.1 Å². The molecule has 0 aliphatic heterocycles. The number of fused-ring (bicyclic) bond motifs is 1. The Kier molecular flexibility index (Phi) is 8.99. The summed E-state index contributed by atoms with van der Waals surface area (Å²) in [6.45, 7) is 3.89. The van der Waals surface area contributed by atoms with Crippen molar-refractivity contribution in [2.75, 3.05) is 20.8 Å². The smallest absolute Gasteiger partial charge is 0.344 e.